The number of nitrogens with one attached hydrogen (secondary N) is 1. The van der Waals surface area contributed by atoms with E-state index in [9.17, 15) is 0 Å². The van der Waals surface area contributed by atoms with Crippen LogP contribution >= 0.6 is 0 Å². The zero-order valence-electron chi connectivity index (χ0n) is 8.86. The molecule has 0 bridgehead atoms. The van der Waals surface area contributed by atoms with Crippen molar-refractivity contribution in [2.24, 2.45) is 0 Å². The standard InChI is InChI=1S/C11H21NO/c1-3-5-8-12-9-7-11-13-10-6-4-2/h12H,4,6-11H2,1-2H3. The monoisotopic (exact) mass is 183 g/mol. The lowest BCUT2D eigenvalue weighted by atomic mass is 10.4. The van der Waals surface area contributed by atoms with Gasteiger partial charge in [-0.05, 0) is 26.3 Å². The van der Waals surface area contributed by atoms with Crippen molar-refractivity contribution < 1.29 is 4.74 Å². The minimum atomic E-state index is 0.797. The Hall–Kier alpha value is -0.520. The van der Waals surface area contributed by atoms with Gasteiger partial charge in [0, 0.05) is 13.2 Å². The van der Waals surface area contributed by atoms with E-state index in [1.165, 1.54) is 12.8 Å². The molecule has 2 heteroatoms. The first-order valence-corrected chi connectivity index (χ1v) is 5.10. The molecule has 76 valence electrons. The van der Waals surface area contributed by atoms with Gasteiger partial charge < -0.3 is 10.1 Å². The van der Waals surface area contributed by atoms with Gasteiger partial charge in [0.1, 0.15) is 0 Å². The minimum Gasteiger partial charge on any atom is -0.381 e. The molecule has 0 unspecified atom stereocenters. The molecule has 0 aliphatic heterocycles. The Morgan fingerprint density at radius 3 is 2.69 bits per heavy atom. The predicted octanol–water partition coefficient (Wildman–Crippen LogP) is 1.81. The third-order valence-electron chi connectivity index (χ3n) is 1.67. The third-order valence-corrected chi connectivity index (χ3v) is 1.67. The smallest absolute Gasteiger partial charge is 0.0576 e. The van der Waals surface area contributed by atoms with Gasteiger partial charge in [0.2, 0.25) is 0 Å². The molecule has 1 N–H and O–H groups in total. The maximum Gasteiger partial charge on any atom is 0.0576 e. The van der Waals surface area contributed by atoms with Crippen LogP contribution in [0.3, 0.4) is 0 Å². The zero-order valence-corrected chi connectivity index (χ0v) is 8.86. The molecule has 0 atom stereocenters. The first-order valence-electron chi connectivity index (χ1n) is 5.10. The van der Waals surface area contributed by atoms with E-state index in [0.717, 1.165) is 32.7 Å². The lowest BCUT2D eigenvalue weighted by Crippen LogP contribution is -2.17. The Morgan fingerprint density at radius 1 is 1.23 bits per heavy atom. The number of hydrogen-bond acceptors (Lipinski definition) is 2. The Kier molecular flexibility index (Phi) is 11.0. The molecule has 0 fully saturated rings. The molecule has 0 heterocycles. The van der Waals surface area contributed by atoms with E-state index in [0.29, 0.717) is 0 Å². The van der Waals surface area contributed by atoms with Crippen LogP contribution in [-0.4, -0.2) is 26.3 Å². The van der Waals surface area contributed by atoms with Gasteiger partial charge in [-0.2, -0.15) is 0 Å². The fourth-order valence-corrected chi connectivity index (χ4v) is 0.887. The molecule has 0 saturated heterocycles. The highest BCUT2D eigenvalue weighted by atomic mass is 16.5. The third kappa shape index (κ3) is 11.5. The van der Waals surface area contributed by atoms with Crippen LogP contribution < -0.4 is 5.32 Å². The van der Waals surface area contributed by atoms with E-state index < -0.39 is 0 Å². The summed E-state index contributed by atoms with van der Waals surface area (Å²) in [6.45, 7) is 7.61. The van der Waals surface area contributed by atoms with Gasteiger partial charge in [-0.15, -0.1) is 5.92 Å². The van der Waals surface area contributed by atoms with Crippen LogP contribution in [0.25, 0.3) is 0 Å². The van der Waals surface area contributed by atoms with Crippen LogP contribution in [0.1, 0.15) is 33.1 Å². The molecule has 0 aromatic carbocycles. The minimum absolute atomic E-state index is 0.797. The van der Waals surface area contributed by atoms with E-state index in [-0.39, 0.29) is 0 Å². The first-order chi connectivity index (χ1) is 6.41. The zero-order chi connectivity index (χ0) is 9.78. The maximum absolute atomic E-state index is 5.40. The Labute approximate surface area is 82.1 Å². The van der Waals surface area contributed by atoms with Crippen molar-refractivity contribution in [2.45, 2.75) is 33.1 Å². The van der Waals surface area contributed by atoms with Crippen molar-refractivity contribution in [3.63, 3.8) is 0 Å². The molecule has 0 rings (SSSR count). The second-order valence-electron chi connectivity index (χ2n) is 2.92. The second kappa shape index (κ2) is 11.5. The molecule has 2 nitrogen and oxygen atoms in total. The van der Waals surface area contributed by atoms with Gasteiger partial charge in [0.05, 0.1) is 6.54 Å². The number of unbranched alkanes of at least 4 members (excludes halogenated alkanes) is 1. The summed E-state index contributed by atoms with van der Waals surface area (Å²) in [5.74, 6) is 5.80. The summed E-state index contributed by atoms with van der Waals surface area (Å²) in [5, 5.41) is 3.22. The quantitative estimate of drug-likeness (QED) is 0.458. The average Bonchev–Trinajstić information content (AvgIpc) is 2.16. The number of rotatable bonds is 8. The molecule has 0 radical (unpaired) electrons. The summed E-state index contributed by atoms with van der Waals surface area (Å²) >= 11 is 0. The van der Waals surface area contributed by atoms with Gasteiger partial charge in [0.15, 0.2) is 0 Å². The van der Waals surface area contributed by atoms with Crippen molar-refractivity contribution in [1.29, 1.82) is 0 Å². The van der Waals surface area contributed by atoms with Crippen LogP contribution in [0.2, 0.25) is 0 Å². The van der Waals surface area contributed by atoms with Gasteiger partial charge >= 0.3 is 0 Å². The summed E-state index contributed by atoms with van der Waals surface area (Å²) < 4.78 is 5.40. The van der Waals surface area contributed by atoms with E-state index in [1.807, 2.05) is 6.92 Å². The fourth-order valence-electron chi connectivity index (χ4n) is 0.887. The molecule has 0 amide bonds. The van der Waals surface area contributed by atoms with Crippen molar-refractivity contribution >= 4 is 0 Å². The molecule has 0 aliphatic rings. The van der Waals surface area contributed by atoms with E-state index in [2.05, 4.69) is 24.1 Å². The average molecular weight is 183 g/mol. The van der Waals surface area contributed by atoms with Gasteiger partial charge in [-0.3, -0.25) is 0 Å². The van der Waals surface area contributed by atoms with Crippen molar-refractivity contribution in [1.82, 2.24) is 5.32 Å². The molecule has 0 aliphatic carbocycles. The highest BCUT2D eigenvalue weighted by Gasteiger charge is 1.87. The Balaban J connectivity index is 2.86. The number of hydrogen-bond donors (Lipinski definition) is 1. The van der Waals surface area contributed by atoms with E-state index in [1.54, 1.807) is 0 Å². The normalized spacial score (nSPS) is 9.38. The lowest BCUT2D eigenvalue weighted by Gasteiger charge is -2.02. The molecular formula is C11H21NO. The first kappa shape index (κ1) is 12.5. The Morgan fingerprint density at radius 2 is 2.00 bits per heavy atom. The van der Waals surface area contributed by atoms with E-state index >= 15 is 0 Å². The molecule has 0 aromatic rings. The van der Waals surface area contributed by atoms with Gasteiger partial charge in [-0.25, -0.2) is 0 Å². The van der Waals surface area contributed by atoms with Crippen LogP contribution in [0.15, 0.2) is 0 Å². The summed E-state index contributed by atoms with van der Waals surface area (Å²) in [6.07, 6.45) is 3.47. The fraction of sp³-hybridized carbons (Fsp3) is 0.818. The van der Waals surface area contributed by atoms with Crippen LogP contribution in [-0.2, 0) is 4.74 Å². The molecule has 0 spiro atoms. The molecular weight excluding hydrogens is 162 g/mol. The molecule has 0 aromatic heterocycles. The maximum atomic E-state index is 5.40. The summed E-state index contributed by atoms with van der Waals surface area (Å²) in [7, 11) is 0. The summed E-state index contributed by atoms with van der Waals surface area (Å²) in [6, 6.07) is 0. The summed E-state index contributed by atoms with van der Waals surface area (Å²) in [4.78, 5) is 0. The Bertz CT molecular complexity index is 146. The van der Waals surface area contributed by atoms with Crippen molar-refractivity contribution in [2.75, 3.05) is 26.3 Å². The summed E-state index contributed by atoms with van der Waals surface area (Å²) in [5.41, 5.74) is 0. The van der Waals surface area contributed by atoms with Crippen LogP contribution in [0.4, 0.5) is 0 Å². The van der Waals surface area contributed by atoms with Gasteiger partial charge in [0.25, 0.3) is 0 Å². The van der Waals surface area contributed by atoms with E-state index in [4.69, 9.17) is 4.74 Å². The van der Waals surface area contributed by atoms with Gasteiger partial charge in [-0.1, -0.05) is 19.3 Å². The highest BCUT2D eigenvalue weighted by molar-refractivity contribution is 4.96. The SMILES string of the molecule is CC#CCNCCCOCCCC. The highest BCUT2D eigenvalue weighted by Crippen LogP contribution is 1.88. The molecule has 13 heavy (non-hydrogen) atoms. The van der Waals surface area contributed by atoms with Crippen LogP contribution in [0.5, 0.6) is 0 Å². The number of ether oxygens (including phenoxy) is 1. The topological polar surface area (TPSA) is 21.3 Å². The second-order valence-corrected chi connectivity index (χ2v) is 2.92. The lowest BCUT2D eigenvalue weighted by molar-refractivity contribution is 0.129. The largest absolute Gasteiger partial charge is 0.381 e. The molecule has 0 saturated carbocycles. The predicted molar refractivity (Wildman–Crippen MR) is 56.7 cm³/mol. The van der Waals surface area contributed by atoms with Crippen molar-refractivity contribution in [3.8, 4) is 11.8 Å². The van der Waals surface area contributed by atoms with Crippen LogP contribution in [0, 0.1) is 11.8 Å². The van der Waals surface area contributed by atoms with Crippen molar-refractivity contribution in [3.05, 3.63) is 0 Å².